The van der Waals surface area contributed by atoms with Gasteiger partial charge in [0.25, 0.3) is 5.69 Å². The van der Waals surface area contributed by atoms with Crippen molar-refractivity contribution in [2.75, 3.05) is 0 Å². The van der Waals surface area contributed by atoms with Gasteiger partial charge in [-0.25, -0.2) is 4.79 Å². The molecule has 2 unspecified atom stereocenters. The van der Waals surface area contributed by atoms with E-state index in [0.29, 0.717) is 45.9 Å². The Hall–Kier alpha value is -5.51. The van der Waals surface area contributed by atoms with Crippen molar-refractivity contribution in [1.29, 1.82) is 0 Å². The van der Waals surface area contributed by atoms with Gasteiger partial charge in [0.1, 0.15) is 17.1 Å². The average molecular weight is 659 g/mol. The van der Waals surface area contributed by atoms with E-state index in [1.54, 1.807) is 42.5 Å². The van der Waals surface area contributed by atoms with E-state index < -0.39 is 5.97 Å². The number of rotatable bonds is 8. The van der Waals surface area contributed by atoms with Crippen molar-refractivity contribution in [2.24, 2.45) is 17.3 Å². The molecule has 1 heterocycles. The summed E-state index contributed by atoms with van der Waals surface area (Å²) in [6.07, 6.45) is 6.33. The Balaban J connectivity index is 1.11. The quantitative estimate of drug-likeness (QED) is 0.0882. The Bertz CT molecular complexity index is 2190. The van der Waals surface area contributed by atoms with E-state index in [4.69, 9.17) is 4.42 Å². The van der Waals surface area contributed by atoms with Gasteiger partial charge in [0.15, 0.2) is 5.43 Å². The number of hydrogen-bond donors (Lipinski definition) is 3. The van der Waals surface area contributed by atoms with E-state index in [-0.39, 0.29) is 62.0 Å². The molecule has 10 nitrogen and oxygen atoms in total. The summed E-state index contributed by atoms with van der Waals surface area (Å²) in [6, 6.07) is 21.1. The lowest BCUT2D eigenvalue weighted by molar-refractivity contribution is -0.384. The van der Waals surface area contributed by atoms with Crippen LogP contribution in [0.3, 0.4) is 0 Å². The first-order valence-corrected chi connectivity index (χ1v) is 16.6. The molecule has 1 amide bonds. The Morgan fingerprint density at radius 3 is 2.39 bits per heavy atom. The van der Waals surface area contributed by atoms with Crippen LogP contribution in [0.2, 0.25) is 0 Å². The molecule has 0 spiro atoms. The lowest BCUT2D eigenvalue weighted by Gasteiger charge is -2.62. The Kier molecular flexibility index (Phi) is 7.10. The van der Waals surface area contributed by atoms with Crippen LogP contribution in [0.25, 0.3) is 33.4 Å². The van der Waals surface area contributed by atoms with Crippen LogP contribution in [0.1, 0.15) is 66.4 Å². The topological polar surface area (TPSA) is 160 Å². The lowest BCUT2D eigenvalue weighted by atomic mass is 9.42. The molecular weight excluding hydrogens is 624 g/mol. The predicted molar refractivity (Wildman–Crippen MR) is 182 cm³/mol. The molecule has 4 saturated carbocycles. The summed E-state index contributed by atoms with van der Waals surface area (Å²) in [7, 11) is 0. The third-order valence-electron chi connectivity index (χ3n) is 11.2. The fraction of sp³-hybridized carbons (Fsp3) is 0.308. The number of fused-ring (bicyclic) bond motifs is 2. The largest absolute Gasteiger partial charge is 0.507 e. The molecule has 0 aromatic heterocycles. The predicted octanol–water partition coefficient (Wildman–Crippen LogP) is 7.42. The number of phenolic OH excluding ortho intramolecular Hbond substituents is 1. The minimum absolute atomic E-state index is 0.0372. The minimum Gasteiger partial charge on any atom is -0.507 e. The summed E-state index contributed by atoms with van der Waals surface area (Å²) >= 11 is 0. The highest BCUT2D eigenvalue weighted by molar-refractivity contribution is 6.08. The van der Waals surface area contributed by atoms with Gasteiger partial charge in [0.2, 0.25) is 5.91 Å². The van der Waals surface area contributed by atoms with Crippen LogP contribution >= 0.6 is 0 Å². The van der Waals surface area contributed by atoms with Crippen molar-refractivity contribution in [3.8, 4) is 28.2 Å². The molecule has 0 saturated heterocycles. The van der Waals surface area contributed by atoms with Crippen LogP contribution in [0.15, 0.2) is 88.1 Å². The van der Waals surface area contributed by atoms with Gasteiger partial charge in [0.05, 0.1) is 22.6 Å². The fourth-order valence-corrected chi connectivity index (χ4v) is 9.85. The van der Waals surface area contributed by atoms with E-state index in [1.165, 1.54) is 24.3 Å². The Morgan fingerprint density at radius 2 is 1.67 bits per heavy atom. The Morgan fingerprint density at radius 1 is 0.939 bits per heavy atom. The van der Waals surface area contributed by atoms with Crippen molar-refractivity contribution in [3.63, 3.8) is 0 Å². The van der Waals surface area contributed by atoms with Gasteiger partial charge in [0, 0.05) is 41.1 Å². The van der Waals surface area contributed by atoms with Crippen molar-refractivity contribution >= 4 is 28.5 Å². The number of nitro groups is 1. The smallest absolute Gasteiger partial charge is 0.336 e. The molecule has 6 aliphatic rings. The van der Waals surface area contributed by atoms with E-state index >= 15 is 0 Å². The zero-order valence-corrected chi connectivity index (χ0v) is 26.6. The van der Waals surface area contributed by atoms with Gasteiger partial charge >= 0.3 is 5.97 Å². The number of nitrogens with one attached hydrogen (secondary N) is 1. The number of non-ortho nitro benzene ring substituents is 1. The average Bonchev–Trinajstić information content (AvgIpc) is 3.06. The first kappa shape index (κ1) is 30.8. The van der Waals surface area contributed by atoms with Crippen molar-refractivity contribution in [2.45, 2.75) is 56.9 Å². The lowest BCUT2D eigenvalue weighted by Crippen LogP contribution is -2.55. The number of aromatic hydroxyl groups is 1. The Labute approximate surface area is 280 Å². The molecule has 9 rings (SSSR count). The maximum atomic E-state index is 13.8. The molecule has 5 aliphatic carbocycles. The first-order chi connectivity index (χ1) is 23.5. The van der Waals surface area contributed by atoms with Crippen LogP contribution in [0.5, 0.6) is 5.75 Å². The van der Waals surface area contributed by atoms with Gasteiger partial charge in [-0.2, -0.15) is 0 Å². The molecule has 3 aromatic carbocycles. The molecule has 248 valence electrons. The van der Waals surface area contributed by atoms with Gasteiger partial charge < -0.3 is 19.9 Å². The summed E-state index contributed by atoms with van der Waals surface area (Å²) in [5.41, 5.74) is 2.80. The van der Waals surface area contributed by atoms with E-state index in [1.807, 2.05) is 12.1 Å². The molecule has 4 bridgehead atoms. The number of nitro benzene ring substituents is 1. The van der Waals surface area contributed by atoms with Gasteiger partial charge in [-0.1, -0.05) is 30.3 Å². The second kappa shape index (κ2) is 11.3. The van der Waals surface area contributed by atoms with Crippen LogP contribution in [-0.4, -0.2) is 27.0 Å². The minimum atomic E-state index is -1.11. The fourth-order valence-electron chi connectivity index (χ4n) is 9.85. The SMILES string of the molecule is O=C(CC12CC3CC(C1)CC(c1ccc([N+](=O)[O-])cc1)(C3)C2)NCc1c(O)ccc2c(-c3ccccc3C(=O)O)c3ccc(=O)cc-3oc12. The number of carboxylic acids is 1. The standard InChI is InChI=1S/C39H34N2O8/c42-26-9-10-29-33(14-26)49-36-30(35(29)27-3-1-2-4-28(27)37(45)46)11-12-32(43)31(36)20-40-34(44)19-38-15-22-13-23(16-38)18-39(17-22,21-38)24-5-7-25(8-6-24)41(47)48/h1-12,14,22-23,43H,13,15-21H2,(H,40,44)(H,45,46). The summed E-state index contributed by atoms with van der Waals surface area (Å²) in [4.78, 5) is 49.3. The highest BCUT2D eigenvalue weighted by atomic mass is 16.6. The maximum absolute atomic E-state index is 13.8. The van der Waals surface area contributed by atoms with E-state index in [2.05, 4.69) is 5.32 Å². The molecule has 3 N–H and O–H groups in total. The van der Waals surface area contributed by atoms with E-state index in [9.17, 15) is 34.7 Å². The molecule has 1 aliphatic heterocycles. The van der Waals surface area contributed by atoms with Gasteiger partial charge in [-0.15, -0.1) is 0 Å². The highest BCUT2D eigenvalue weighted by Crippen LogP contribution is 2.66. The number of benzene rings is 4. The van der Waals surface area contributed by atoms with Crippen LogP contribution < -0.4 is 10.7 Å². The van der Waals surface area contributed by atoms with Crippen molar-refractivity contribution in [1.82, 2.24) is 5.32 Å². The number of amides is 1. The number of carboxylic acid groups (broad SMARTS) is 1. The van der Waals surface area contributed by atoms with Crippen LogP contribution in [0, 0.1) is 27.4 Å². The van der Waals surface area contributed by atoms with Crippen molar-refractivity contribution in [3.05, 3.63) is 116 Å². The number of phenols is 1. The third-order valence-corrected chi connectivity index (χ3v) is 11.2. The van der Waals surface area contributed by atoms with Gasteiger partial charge in [-0.3, -0.25) is 19.7 Å². The molecule has 2 atom stereocenters. The molecule has 49 heavy (non-hydrogen) atoms. The number of nitrogens with zero attached hydrogens (tertiary/aromatic N) is 1. The number of hydrogen-bond acceptors (Lipinski definition) is 7. The third kappa shape index (κ3) is 5.22. The normalized spacial score (nSPS) is 23.9. The molecule has 4 fully saturated rings. The molecule has 3 aromatic rings. The van der Waals surface area contributed by atoms with E-state index in [0.717, 1.165) is 44.1 Å². The monoisotopic (exact) mass is 658 g/mol. The molecular formula is C39H34N2O8. The second-order valence-corrected chi connectivity index (χ2v) is 14.4. The van der Waals surface area contributed by atoms with Crippen LogP contribution in [-0.2, 0) is 16.8 Å². The van der Waals surface area contributed by atoms with Crippen LogP contribution in [0.4, 0.5) is 5.69 Å². The van der Waals surface area contributed by atoms with Gasteiger partial charge in [-0.05, 0) is 103 Å². The summed E-state index contributed by atoms with van der Waals surface area (Å²) < 4.78 is 6.25. The maximum Gasteiger partial charge on any atom is 0.336 e. The number of aromatic carboxylic acids is 1. The molecule has 0 radical (unpaired) electrons. The summed E-state index contributed by atoms with van der Waals surface area (Å²) in [6.45, 7) is -0.0372. The first-order valence-electron chi connectivity index (χ1n) is 16.6. The zero-order chi connectivity index (χ0) is 34.1. The summed E-state index contributed by atoms with van der Waals surface area (Å²) in [5.74, 6) is -0.120. The summed E-state index contributed by atoms with van der Waals surface area (Å²) in [5, 5.41) is 35.9. The second-order valence-electron chi connectivity index (χ2n) is 14.4. The number of carbonyl (C=O) groups is 2. The number of carbonyl (C=O) groups excluding carboxylic acids is 1. The molecule has 10 heteroatoms. The zero-order valence-electron chi connectivity index (χ0n) is 26.6. The highest BCUT2D eigenvalue weighted by Gasteiger charge is 2.58. The van der Waals surface area contributed by atoms with Crippen molar-refractivity contribution < 1.29 is 29.1 Å².